The molecule has 0 saturated carbocycles. The van der Waals surface area contributed by atoms with Crippen LogP contribution < -0.4 is 29.6 Å². The molecule has 0 heterocycles. The molecule has 9 heteroatoms. The Morgan fingerprint density at radius 3 is 1.25 bits per heavy atom. The van der Waals surface area contributed by atoms with Gasteiger partial charge in [-0.2, -0.15) is 0 Å². The second-order valence-corrected chi connectivity index (χ2v) is 3.57. The summed E-state index contributed by atoms with van der Waals surface area (Å²) in [5.41, 5.74) is 0. The van der Waals surface area contributed by atoms with E-state index >= 15 is 0 Å². The Labute approximate surface area is 173 Å². The molecular weight excluding hydrogens is 420 g/mol. The second kappa shape index (κ2) is 17.9. The van der Waals surface area contributed by atoms with Crippen LogP contribution in [0.2, 0.25) is 0 Å². The van der Waals surface area contributed by atoms with E-state index in [0.717, 1.165) is 0 Å². The molecule has 0 aromatic rings. The van der Waals surface area contributed by atoms with Crippen LogP contribution in [0.15, 0.2) is 0 Å². The largest absolute Gasteiger partial charge is 1.00 e. The summed E-state index contributed by atoms with van der Waals surface area (Å²) in [5.74, 6) is 0. The first-order chi connectivity index (χ1) is 8.67. The van der Waals surface area contributed by atoms with E-state index in [2.05, 4.69) is 0 Å². The van der Waals surface area contributed by atoms with Crippen molar-refractivity contribution in [1.29, 1.82) is 0 Å². The first-order valence-corrected chi connectivity index (χ1v) is 5.20. The zero-order valence-corrected chi connectivity index (χ0v) is 15.4. The molecule has 0 bridgehead atoms. The number of aliphatic hydroxyl groups is 1. The van der Waals surface area contributed by atoms with Gasteiger partial charge in [0, 0.05) is 53.0 Å². The quantitative estimate of drug-likeness (QED) is 0.241. The molecule has 0 aromatic heterocycles. The number of nitrogens with zero attached hydrogens (tertiary/aromatic N) is 2. The summed E-state index contributed by atoms with van der Waals surface area (Å²) in [6.45, 7) is -0.396. The van der Waals surface area contributed by atoms with Crippen LogP contribution in [0.4, 0.5) is 0 Å². The van der Waals surface area contributed by atoms with E-state index in [1.54, 1.807) is 25.1 Å². The van der Waals surface area contributed by atoms with Gasteiger partial charge in [-0.05, 0) is 0 Å². The zero-order valence-electron chi connectivity index (χ0n) is 12.1. The third-order valence-electron chi connectivity index (χ3n) is 2.09. The molecule has 0 radical (unpaired) electrons. The van der Waals surface area contributed by atoms with Crippen LogP contribution in [0.25, 0.3) is 0 Å². The van der Waals surface area contributed by atoms with E-state index in [9.17, 15) is 24.3 Å². The minimum absolute atomic E-state index is 0. The van der Waals surface area contributed by atoms with Gasteiger partial charge < -0.3 is 35.5 Å². The van der Waals surface area contributed by atoms with Crippen LogP contribution in [0.1, 0.15) is 1.43 Å². The number of carbonyl (C=O) groups excluding carboxylic acids is 4. The molecule has 0 amide bonds. The van der Waals surface area contributed by atoms with Gasteiger partial charge in [0.25, 0.3) is 0 Å². The average molecular weight is 435 g/mol. The number of rotatable bonds is 12. The molecular formula is C11H15GdN2NaO5-4. The van der Waals surface area contributed by atoms with E-state index < -0.39 is 6.10 Å². The van der Waals surface area contributed by atoms with Crippen molar-refractivity contribution in [2.24, 2.45) is 0 Å². The predicted octanol–water partition coefficient (Wildman–Crippen LogP) is -5.49. The Morgan fingerprint density at radius 2 is 1.05 bits per heavy atom. The standard InChI is InChI=1S/C11H14N2O5.Gd.Na.H/c14-5-1-12(2-6-15)9-11(18)10-13(3-7-16)4-8-17;;;/h11,18H,1-4,9-10H2;;;/q-4;;+1;-1. The van der Waals surface area contributed by atoms with Crippen LogP contribution in [-0.4, -0.2) is 85.4 Å². The van der Waals surface area contributed by atoms with Crippen molar-refractivity contribution < 1.29 is 95.2 Å². The Balaban J connectivity index is -0.000000482. The first-order valence-electron chi connectivity index (χ1n) is 5.20. The first kappa shape index (κ1) is 25.8. The Bertz CT molecular complexity index is 243. The molecule has 0 aliphatic rings. The fourth-order valence-corrected chi connectivity index (χ4v) is 1.39. The Hall–Kier alpha value is 0.885. The van der Waals surface area contributed by atoms with Gasteiger partial charge in [-0.25, -0.2) is 0 Å². The maximum atomic E-state index is 10.2. The molecule has 0 unspecified atom stereocenters. The summed E-state index contributed by atoms with van der Waals surface area (Å²) in [4.78, 5) is 43.5. The van der Waals surface area contributed by atoms with Crippen molar-refractivity contribution in [3.63, 3.8) is 0 Å². The molecule has 0 rings (SSSR count). The topological polar surface area (TPSA) is 95.0 Å². The Kier molecular flexibility index (Phi) is 23.2. The van der Waals surface area contributed by atoms with Gasteiger partial charge in [-0.3, -0.25) is 25.1 Å². The fourth-order valence-electron chi connectivity index (χ4n) is 1.39. The molecule has 0 atom stereocenters. The predicted molar refractivity (Wildman–Crippen MR) is 62.8 cm³/mol. The molecule has 0 spiro atoms. The zero-order chi connectivity index (χ0) is 13.8. The van der Waals surface area contributed by atoms with Crippen molar-refractivity contribution in [3.8, 4) is 0 Å². The van der Waals surface area contributed by atoms with Crippen LogP contribution >= 0.6 is 0 Å². The second-order valence-electron chi connectivity index (χ2n) is 3.57. The monoisotopic (exact) mass is 436 g/mol. The van der Waals surface area contributed by atoms with Gasteiger partial charge >= 0.3 is 29.6 Å². The van der Waals surface area contributed by atoms with Gasteiger partial charge in [0.1, 0.15) is 0 Å². The average Bonchev–Trinajstić information content (AvgIpc) is 2.30. The number of aliphatic hydroxyl groups excluding tert-OH is 1. The smallest absolute Gasteiger partial charge is 1.00 e. The normalized spacial score (nSPS) is 9.80. The van der Waals surface area contributed by atoms with Crippen molar-refractivity contribution in [2.75, 3.05) is 39.3 Å². The van der Waals surface area contributed by atoms with Crippen molar-refractivity contribution >= 4 is 25.1 Å². The van der Waals surface area contributed by atoms with E-state index in [0.29, 0.717) is 0 Å². The summed E-state index contributed by atoms with van der Waals surface area (Å²) in [7, 11) is 0. The third-order valence-corrected chi connectivity index (χ3v) is 2.09. The molecule has 20 heavy (non-hydrogen) atoms. The Morgan fingerprint density at radius 1 is 0.800 bits per heavy atom. The molecule has 0 aliphatic carbocycles. The van der Waals surface area contributed by atoms with Gasteiger partial charge in [0.15, 0.2) is 0 Å². The van der Waals surface area contributed by atoms with Crippen molar-refractivity contribution in [2.45, 2.75) is 6.10 Å². The SMILES string of the molecule is O=[C-]CN(C[C-]=O)CC(O)CN(C[C-]=O)C[C-]=O.[Gd].[H-].[Na+]. The molecule has 112 valence electrons. The molecule has 0 aromatic carbocycles. The molecule has 0 fully saturated rings. The van der Waals surface area contributed by atoms with E-state index in [1.165, 1.54) is 9.80 Å². The number of hydrogen-bond acceptors (Lipinski definition) is 7. The summed E-state index contributed by atoms with van der Waals surface area (Å²) in [5, 5.41) is 9.69. The van der Waals surface area contributed by atoms with Crippen molar-refractivity contribution in [3.05, 3.63) is 0 Å². The molecule has 0 aliphatic heterocycles. The fraction of sp³-hybridized carbons (Fsp3) is 0.636. The molecule has 7 nitrogen and oxygen atoms in total. The van der Waals surface area contributed by atoms with Crippen LogP contribution in [0.3, 0.4) is 0 Å². The maximum Gasteiger partial charge on any atom is 1.00 e. The van der Waals surface area contributed by atoms with Crippen LogP contribution in [0.5, 0.6) is 0 Å². The van der Waals surface area contributed by atoms with Crippen LogP contribution in [-0.2, 0) is 19.2 Å². The molecule has 0 saturated heterocycles. The summed E-state index contributed by atoms with van der Waals surface area (Å²) in [6.07, 6.45) is 5.51. The van der Waals surface area contributed by atoms with Gasteiger partial charge in [0.05, 0.1) is 6.10 Å². The molecule has 1 N–H and O–H groups in total. The van der Waals surface area contributed by atoms with Gasteiger partial charge in [-0.1, -0.05) is 0 Å². The number of hydrogen-bond donors (Lipinski definition) is 1. The minimum atomic E-state index is -0.923. The van der Waals surface area contributed by atoms with E-state index in [1.807, 2.05) is 0 Å². The summed E-state index contributed by atoms with van der Waals surface area (Å²) in [6, 6.07) is 0. The third kappa shape index (κ3) is 13.8. The van der Waals surface area contributed by atoms with Gasteiger partial charge in [0.2, 0.25) is 0 Å². The van der Waals surface area contributed by atoms with E-state index in [-0.39, 0.29) is 110 Å². The van der Waals surface area contributed by atoms with Crippen molar-refractivity contribution in [1.82, 2.24) is 9.80 Å². The maximum absolute atomic E-state index is 10.2. The summed E-state index contributed by atoms with van der Waals surface area (Å²) >= 11 is 0. The summed E-state index contributed by atoms with van der Waals surface area (Å²) < 4.78 is 0. The van der Waals surface area contributed by atoms with Crippen LogP contribution in [0, 0.1) is 39.9 Å². The minimum Gasteiger partial charge on any atom is -1.00 e. The van der Waals surface area contributed by atoms with Gasteiger partial charge in [-0.15, -0.1) is 26.2 Å². The van der Waals surface area contributed by atoms with E-state index in [4.69, 9.17) is 0 Å².